The van der Waals surface area contributed by atoms with Gasteiger partial charge in [0.1, 0.15) is 5.78 Å². The molecule has 1 spiro atoms. The van der Waals surface area contributed by atoms with E-state index >= 15 is 0 Å². The summed E-state index contributed by atoms with van der Waals surface area (Å²) in [6, 6.07) is 0. The molecule has 2 atom stereocenters. The highest BCUT2D eigenvalue weighted by molar-refractivity contribution is 5.89. The molecule has 0 saturated heterocycles. The fourth-order valence-corrected chi connectivity index (χ4v) is 2.52. The smallest absolute Gasteiger partial charge is 0.145 e. The van der Waals surface area contributed by atoms with Crippen molar-refractivity contribution in [2.75, 3.05) is 0 Å². The molecular formula is C12H18O2. The molecule has 0 aromatic carbocycles. The van der Waals surface area contributed by atoms with Crippen LogP contribution in [0.4, 0.5) is 0 Å². The predicted octanol–water partition coefficient (Wildman–Crippen LogP) is 2.07. The first-order valence-corrected chi connectivity index (χ1v) is 5.38. The van der Waals surface area contributed by atoms with E-state index < -0.39 is 11.5 Å². The average molecular weight is 194 g/mol. The molecule has 2 aliphatic carbocycles. The molecule has 0 aliphatic heterocycles. The third kappa shape index (κ3) is 1.33. The van der Waals surface area contributed by atoms with Crippen LogP contribution in [0.25, 0.3) is 0 Å². The Morgan fingerprint density at radius 3 is 2.50 bits per heavy atom. The van der Waals surface area contributed by atoms with Crippen molar-refractivity contribution in [1.29, 1.82) is 0 Å². The molecule has 2 nitrogen and oxygen atoms in total. The van der Waals surface area contributed by atoms with E-state index in [1.165, 1.54) is 0 Å². The van der Waals surface area contributed by atoms with Crippen LogP contribution in [0.3, 0.4) is 0 Å². The van der Waals surface area contributed by atoms with E-state index in [9.17, 15) is 9.90 Å². The summed E-state index contributed by atoms with van der Waals surface area (Å²) in [5, 5.41) is 9.87. The van der Waals surface area contributed by atoms with Gasteiger partial charge in [0.2, 0.25) is 0 Å². The lowest BCUT2D eigenvalue weighted by atomic mass is 9.68. The minimum absolute atomic E-state index is 0.188. The van der Waals surface area contributed by atoms with E-state index in [1.54, 1.807) is 0 Å². The second-order valence-corrected chi connectivity index (χ2v) is 5.34. The summed E-state index contributed by atoms with van der Waals surface area (Å²) in [7, 11) is 0. The second-order valence-electron chi connectivity index (χ2n) is 5.34. The van der Waals surface area contributed by atoms with Crippen LogP contribution < -0.4 is 0 Å². The molecule has 0 aromatic rings. The number of hydrogen-bond acceptors (Lipinski definition) is 2. The van der Waals surface area contributed by atoms with Crippen molar-refractivity contribution < 1.29 is 9.90 Å². The zero-order valence-corrected chi connectivity index (χ0v) is 8.92. The van der Waals surface area contributed by atoms with Gasteiger partial charge < -0.3 is 5.11 Å². The number of carbonyl (C=O) groups excluding carboxylic acids is 1. The van der Waals surface area contributed by atoms with Gasteiger partial charge in [0.05, 0.1) is 11.5 Å². The van der Waals surface area contributed by atoms with Crippen LogP contribution in [0, 0.1) is 10.8 Å². The first-order valence-electron chi connectivity index (χ1n) is 5.38. The Morgan fingerprint density at radius 2 is 2.07 bits per heavy atom. The van der Waals surface area contributed by atoms with E-state index in [1.807, 2.05) is 6.08 Å². The Bertz CT molecular complexity index is 291. The molecule has 2 aliphatic rings. The summed E-state index contributed by atoms with van der Waals surface area (Å²) in [5.41, 5.74) is -0.330. The maximum atomic E-state index is 11.8. The van der Waals surface area contributed by atoms with Gasteiger partial charge in [0, 0.05) is 6.42 Å². The predicted molar refractivity (Wildman–Crippen MR) is 54.8 cm³/mol. The van der Waals surface area contributed by atoms with Crippen molar-refractivity contribution in [3.63, 3.8) is 0 Å². The Kier molecular flexibility index (Phi) is 2.07. The molecule has 0 unspecified atom stereocenters. The Balaban J connectivity index is 2.31. The summed E-state index contributed by atoms with van der Waals surface area (Å²) in [4.78, 5) is 11.8. The SMILES string of the molecule is CC1(C)C=C[C@]2(CC1)C(=O)CC[C@@H]2O. The highest BCUT2D eigenvalue weighted by Gasteiger charge is 2.49. The van der Waals surface area contributed by atoms with Gasteiger partial charge in [-0.05, 0) is 24.7 Å². The van der Waals surface area contributed by atoms with Crippen molar-refractivity contribution in [2.45, 2.75) is 45.6 Å². The second kappa shape index (κ2) is 2.93. The molecule has 1 N–H and O–H groups in total. The molecule has 0 radical (unpaired) electrons. The van der Waals surface area contributed by atoms with Gasteiger partial charge in [-0.3, -0.25) is 4.79 Å². The number of ketones is 1. The molecule has 78 valence electrons. The van der Waals surface area contributed by atoms with Crippen LogP contribution in [-0.4, -0.2) is 17.0 Å². The van der Waals surface area contributed by atoms with Crippen molar-refractivity contribution in [2.24, 2.45) is 10.8 Å². The van der Waals surface area contributed by atoms with Crippen molar-refractivity contribution in [3.05, 3.63) is 12.2 Å². The van der Waals surface area contributed by atoms with Gasteiger partial charge in [0.15, 0.2) is 0 Å². The summed E-state index contributed by atoms with van der Waals surface area (Å²) in [6.07, 6.45) is 6.62. The third-order valence-electron chi connectivity index (χ3n) is 3.77. The van der Waals surface area contributed by atoms with E-state index in [2.05, 4.69) is 19.9 Å². The fourth-order valence-electron chi connectivity index (χ4n) is 2.52. The third-order valence-corrected chi connectivity index (χ3v) is 3.77. The lowest BCUT2D eigenvalue weighted by Crippen LogP contribution is -2.38. The van der Waals surface area contributed by atoms with E-state index in [0.717, 1.165) is 12.8 Å². The van der Waals surface area contributed by atoms with Gasteiger partial charge in [-0.2, -0.15) is 0 Å². The first kappa shape index (κ1) is 9.91. The van der Waals surface area contributed by atoms with Gasteiger partial charge in [0.25, 0.3) is 0 Å². The van der Waals surface area contributed by atoms with Gasteiger partial charge in [-0.1, -0.05) is 26.0 Å². The molecule has 0 aromatic heterocycles. The monoisotopic (exact) mass is 194 g/mol. The van der Waals surface area contributed by atoms with E-state index in [4.69, 9.17) is 0 Å². The summed E-state index contributed by atoms with van der Waals surface area (Å²) in [5.74, 6) is 0.233. The van der Waals surface area contributed by atoms with Gasteiger partial charge >= 0.3 is 0 Å². The number of aliphatic hydroxyl groups excluding tert-OH is 1. The minimum atomic E-state index is -0.518. The number of allylic oxidation sites excluding steroid dienone is 1. The number of carbonyl (C=O) groups is 1. The summed E-state index contributed by atoms with van der Waals surface area (Å²) < 4.78 is 0. The van der Waals surface area contributed by atoms with Crippen LogP contribution in [0.15, 0.2) is 12.2 Å². The van der Waals surface area contributed by atoms with Crippen LogP contribution in [0.1, 0.15) is 39.5 Å². The molecule has 2 heteroatoms. The Morgan fingerprint density at radius 1 is 1.36 bits per heavy atom. The number of Topliss-reactive ketones (excluding diaryl/α,β-unsaturated/α-hetero) is 1. The highest BCUT2D eigenvalue weighted by Crippen LogP contribution is 2.47. The molecule has 2 rings (SSSR count). The first-order chi connectivity index (χ1) is 6.46. The zero-order chi connectivity index (χ0) is 10.4. The molecule has 0 heterocycles. The summed E-state index contributed by atoms with van der Waals surface area (Å²) in [6.45, 7) is 4.34. The summed E-state index contributed by atoms with van der Waals surface area (Å²) >= 11 is 0. The van der Waals surface area contributed by atoms with Crippen molar-refractivity contribution in [1.82, 2.24) is 0 Å². The quantitative estimate of drug-likeness (QED) is 0.599. The standard InChI is InChI=1S/C12H18O2/c1-11(2)5-7-12(8-6-11)9(13)3-4-10(12)14/h5,7,9,13H,3-4,6,8H2,1-2H3/t9-,12+/m0/s1. The fraction of sp³-hybridized carbons (Fsp3) is 0.750. The van der Waals surface area contributed by atoms with Crippen LogP contribution in [-0.2, 0) is 4.79 Å². The topological polar surface area (TPSA) is 37.3 Å². The van der Waals surface area contributed by atoms with Crippen LogP contribution in [0.2, 0.25) is 0 Å². The maximum absolute atomic E-state index is 11.8. The maximum Gasteiger partial charge on any atom is 0.145 e. The molecule has 1 fully saturated rings. The van der Waals surface area contributed by atoms with Gasteiger partial charge in [-0.25, -0.2) is 0 Å². The van der Waals surface area contributed by atoms with Crippen LogP contribution in [0.5, 0.6) is 0 Å². The number of aliphatic hydroxyl groups is 1. The number of rotatable bonds is 0. The lowest BCUT2D eigenvalue weighted by molar-refractivity contribution is -0.127. The van der Waals surface area contributed by atoms with E-state index in [-0.39, 0.29) is 11.2 Å². The normalized spacial score (nSPS) is 40.8. The lowest BCUT2D eigenvalue weighted by Gasteiger charge is -2.36. The highest BCUT2D eigenvalue weighted by atomic mass is 16.3. The molecular weight excluding hydrogens is 176 g/mol. The zero-order valence-electron chi connectivity index (χ0n) is 8.92. The molecule has 0 bridgehead atoms. The average Bonchev–Trinajstić information content (AvgIpc) is 2.39. The Labute approximate surface area is 85.0 Å². The van der Waals surface area contributed by atoms with Gasteiger partial charge in [-0.15, -0.1) is 0 Å². The van der Waals surface area contributed by atoms with Crippen molar-refractivity contribution in [3.8, 4) is 0 Å². The van der Waals surface area contributed by atoms with Crippen molar-refractivity contribution >= 4 is 5.78 Å². The number of hydrogen-bond donors (Lipinski definition) is 1. The molecule has 0 amide bonds. The largest absolute Gasteiger partial charge is 0.392 e. The Hall–Kier alpha value is -0.630. The molecule has 1 saturated carbocycles. The molecule has 14 heavy (non-hydrogen) atoms. The van der Waals surface area contributed by atoms with E-state index in [0.29, 0.717) is 12.8 Å². The van der Waals surface area contributed by atoms with Crippen LogP contribution >= 0.6 is 0 Å². The minimum Gasteiger partial charge on any atom is -0.392 e.